The van der Waals surface area contributed by atoms with Crippen LogP contribution in [0.3, 0.4) is 0 Å². The first-order valence-corrected chi connectivity index (χ1v) is 11.7. The molecule has 0 saturated carbocycles. The van der Waals surface area contributed by atoms with Gasteiger partial charge in [-0.1, -0.05) is 48.5 Å². The third-order valence-corrected chi connectivity index (χ3v) is 6.56. The van der Waals surface area contributed by atoms with Crippen molar-refractivity contribution < 1.29 is 29.3 Å². The predicted octanol–water partition coefficient (Wildman–Crippen LogP) is 2.99. The maximum absolute atomic E-state index is 12.4. The number of hydrogen-bond acceptors (Lipinski definition) is 5. The second-order valence-electron chi connectivity index (χ2n) is 8.93. The molecule has 4 rings (SSSR count). The average molecular weight is 467 g/mol. The number of carbonyl (C=O) groups excluding carboxylic acids is 2. The summed E-state index contributed by atoms with van der Waals surface area (Å²) >= 11 is 0. The number of aliphatic carboxylic acids is 1. The smallest absolute Gasteiger partial charge is 0.407 e. The van der Waals surface area contributed by atoms with Crippen LogP contribution in [0.5, 0.6) is 0 Å². The van der Waals surface area contributed by atoms with Gasteiger partial charge in [0.05, 0.1) is 12.0 Å². The minimum atomic E-state index is -0.996. The van der Waals surface area contributed by atoms with E-state index in [2.05, 4.69) is 29.6 Å². The number of ether oxygens (including phenoxy) is 1. The highest BCUT2D eigenvalue weighted by molar-refractivity contribution is 5.79. The van der Waals surface area contributed by atoms with E-state index in [1.807, 2.05) is 24.3 Å². The topological polar surface area (TPSA) is 116 Å². The van der Waals surface area contributed by atoms with Crippen molar-refractivity contribution in [2.45, 2.75) is 37.7 Å². The maximum Gasteiger partial charge on any atom is 0.407 e. The zero-order valence-corrected chi connectivity index (χ0v) is 19.0. The van der Waals surface area contributed by atoms with Gasteiger partial charge >= 0.3 is 12.1 Å². The van der Waals surface area contributed by atoms with Crippen LogP contribution < -0.4 is 5.32 Å². The molecule has 1 aliphatic heterocycles. The number of benzene rings is 2. The third-order valence-electron chi connectivity index (χ3n) is 6.56. The summed E-state index contributed by atoms with van der Waals surface area (Å²) in [6.07, 6.45) is 0.251. The Morgan fingerprint density at radius 2 is 1.62 bits per heavy atom. The van der Waals surface area contributed by atoms with Crippen LogP contribution in [0.15, 0.2) is 48.5 Å². The summed E-state index contributed by atoms with van der Waals surface area (Å²) in [4.78, 5) is 37.2. The van der Waals surface area contributed by atoms with Crippen molar-refractivity contribution in [2.75, 3.05) is 26.2 Å². The number of β-amino-alcohol motifs (C(OH)–C–C–N with tert-alkyl or cyclic N) is 1. The van der Waals surface area contributed by atoms with Crippen molar-refractivity contribution in [1.29, 1.82) is 0 Å². The highest BCUT2D eigenvalue weighted by Crippen LogP contribution is 2.44. The summed E-state index contributed by atoms with van der Waals surface area (Å²) < 4.78 is 5.50. The minimum Gasteiger partial charge on any atom is -0.481 e. The fourth-order valence-electron chi connectivity index (χ4n) is 4.85. The van der Waals surface area contributed by atoms with E-state index in [4.69, 9.17) is 9.84 Å². The van der Waals surface area contributed by atoms with Crippen molar-refractivity contribution in [3.63, 3.8) is 0 Å². The molecule has 3 N–H and O–H groups in total. The number of fused-ring (bicyclic) bond motifs is 3. The highest BCUT2D eigenvalue weighted by Gasteiger charge is 2.32. The number of hydrogen-bond donors (Lipinski definition) is 3. The van der Waals surface area contributed by atoms with Crippen LogP contribution >= 0.6 is 0 Å². The van der Waals surface area contributed by atoms with Crippen molar-refractivity contribution in [2.24, 2.45) is 5.92 Å². The molecule has 1 saturated heterocycles. The Hall–Kier alpha value is -3.39. The number of aliphatic hydroxyl groups is 1. The largest absolute Gasteiger partial charge is 0.481 e. The van der Waals surface area contributed by atoms with Gasteiger partial charge in [0.1, 0.15) is 6.61 Å². The predicted molar refractivity (Wildman–Crippen MR) is 125 cm³/mol. The van der Waals surface area contributed by atoms with Crippen LogP contribution in [0, 0.1) is 5.92 Å². The molecule has 2 amide bonds. The van der Waals surface area contributed by atoms with Crippen molar-refractivity contribution in [3.05, 3.63) is 59.7 Å². The summed E-state index contributed by atoms with van der Waals surface area (Å²) in [5, 5.41) is 21.7. The molecule has 8 heteroatoms. The van der Waals surface area contributed by atoms with Crippen LogP contribution in [0.25, 0.3) is 11.1 Å². The molecule has 1 heterocycles. The summed E-state index contributed by atoms with van der Waals surface area (Å²) in [6, 6.07) is 16.3. The molecule has 180 valence electrons. The normalized spacial score (nSPS) is 19.3. The number of likely N-dealkylation sites (tertiary alicyclic amines) is 1. The lowest BCUT2D eigenvalue weighted by molar-refractivity contribution is -0.148. The number of amides is 2. The zero-order valence-electron chi connectivity index (χ0n) is 19.0. The number of carboxylic acid groups (broad SMARTS) is 1. The third kappa shape index (κ3) is 5.39. The lowest BCUT2D eigenvalue weighted by atomic mass is 9.96. The standard InChI is InChI=1S/C26H30N2O6/c29-18-13-17(25(31)32)14-28(15-18)24(30)11-5-6-12-27-26(33)34-16-23-21-9-3-1-7-19(21)20-8-2-4-10-22(20)23/h1-4,7-10,17-18,23,29H,5-6,11-16H2,(H,27,33)(H,31,32). The van der Waals surface area contributed by atoms with Gasteiger partial charge in [-0.3, -0.25) is 9.59 Å². The second-order valence-corrected chi connectivity index (χ2v) is 8.93. The number of rotatable bonds is 8. The summed E-state index contributed by atoms with van der Waals surface area (Å²) in [6.45, 7) is 0.925. The molecule has 0 spiro atoms. The molecule has 8 nitrogen and oxygen atoms in total. The second kappa shape index (κ2) is 10.7. The number of unbranched alkanes of at least 4 members (excludes halogenated alkanes) is 1. The fourth-order valence-corrected chi connectivity index (χ4v) is 4.85. The summed E-state index contributed by atoms with van der Waals surface area (Å²) in [5.74, 6) is -1.90. The SMILES string of the molecule is O=C(NCCCCC(=O)N1CC(O)CC(C(=O)O)C1)OCC1c2ccccc2-c2ccccc21. The number of carbonyl (C=O) groups is 3. The van der Waals surface area contributed by atoms with Gasteiger partial charge in [-0.25, -0.2) is 4.79 Å². The van der Waals surface area contributed by atoms with Crippen LogP contribution in [0.4, 0.5) is 4.79 Å². The van der Waals surface area contributed by atoms with Crippen LogP contribution in [-0.2, 0) is 14.3 Å². The van der Waals surface area contributed by atoms with Gasteiger partial charge in [0.15, 0.2) is 0 Å². The first-order valence-electron chi connectivity index (χ1n) is 11.7. The number of nitrogens with one attached hydrogen (secondary N) is 1. The number of nitrogens with zero attached hydrogens (tertiary/aromatic N) is 1. The van der Waals surface area contributed by atoms with Gasteiger partial charge in [0.2, 0.25) is 5.91 Å². The molecule has 2 aromatic carbocycles. The molecule has 2 unspecified atom stereocenters. The first-order chi connectivity index (χ1) is 16.4. The number of aliphatic hydroxyl groups excluding tert-OH is 1. The molecule has 34 heavy (non-hydrogen) atoms. The lowest BCUT2D eigenvalue weighted by Crippen LogP contribution is -2.48. The van der Waals surface area contributed by atoms with Gasteiger partial charge < -0.3 is 25.2 Å². The van der Waals surface area contributed by atoms with E-state index in [1.54, 1.807) is 0 Å². The van der Waals surface area contributed by atoms with Gasteiger partial charge in [-0.15, -0.1) is 0 Å². The molecule has 2 aromatic rings. The monoisotopic (exact) mass is 466 g/mol. The number of carboxylic acids is 1. The number of piperidine rings is 1. The zero-order chi connectivity index (χ0) is 24.1. The van der Waals surface area contributed by atoms with E-state index in [0.29, 0.717) is 19.4 Å². The Labute approximate surface area is 198 Å². The van der Waals surface area contributed by atoms with Gasteiger partial charge in [-0.05, 0) is 41.5 Å². The van der Waals surface area contributed by atoms with E-state index in [1.165, 1.54) is 16.0 Å². The van der Waals surface area contributed by atoms with Crippen LogP contribution in [0.2, 0.25) is 0 Å². The van der Waals surface area contributed by atoms with Crippen molar-refractivity contribution in [1.82, 2.24) is 10.2 Å². The fraction of sp³-hybridized carbons (Fsp3) is 0.423. The lowest BCUT2D eigenvalue weighted by Gasteiger charge is -2.33. The van der Waals surface area contributed by atoms with E-state index >= 15 is 0 Å². The number of alkyl carbamates (subject to hydrolysis) is 1. The average Bonchev–Trinajstić information content (AvgIpc) is 3.15. The maximum atomic E-state index is 12.4. The van der Waals surface area contributed by atoms with Gasteiger partial charge in [0, 0.05) is 32.0 Å². The van der Waals surface area contributed by atoms with Crippen molar-refractivity contribution >= 4 is 18.0 Å². The van der Waals surface area contributed by atoms with E-state index in [0.717, 1.165) is 11.1 Å². The molecule has 0 aromatic heterocycles. The molecule has 2 aliphatic rings. The van der Waals surface area contributed by atoms with Crippen LogP contribution in [0.1, 0.15) is 42.7 Å². The van der Waals surface area contributed by atoms with Gasteiger partial charge in [0.25, 0.3) is 0 Å². The Morgan fingerprint density at radius 3 is 2.26 bits per heavy atom. The quantitative estimate of drug-likeness (QED) is 0.515. The molecule has 0 radical (unpaired) electrons. The van der Waals surface area contributed by atoms with E-state index < -0.39 is 24.1 Å². The van der Waals surface area contributed by atoms with Gasteiger partial charge in [-0.2, -0.15) is 0 Å². The van der Waals surface area contributed by atoms with E-state index in [-0.39, 0.29) is 44.4 Å². The molecule has 1 fully saturated rings. The summed E-state index contributed by atoms with van der Waals surface area (Å²) in [5.41, 5.74) is 4.66. The molecular weight excluding hydrogens is 436 g/mol. The van der Waals surface area contributed by atoms with E-state index in [9.17, 15) is 19.5 Å². The Morgan fingerprint density at radius 1 is 0.971 bits per heavy atom. The minimum absolute atomic E-state index is 0.00490. The summed E-state index contributed by atoms with van der Waals surface area (Å²) in [7, 11) is 0. The molecular formula is C26H30N2O6. The molecule has 0 bridgehead atoms. The molecule has 1 aliphatic carbocycles. The highest BCUT2D eigenvalue weighted by atomic mass is 16.5. The Kier molecular flexibility index (Phi) is 7.47. The Balaban J connectivity index is 1.17. The van der Waals surface area contributed by atoms with Crippen LogP contribution in [-0.4, -0.2) is 65.4 Å². The molecule has 2 atom stereocenters. The van der Waals surface area contributed by atoms with Crippen molar-refractivity contribution in [3.8, 4) is 11.1 Å². The Bertz CT molecular complexity index is 1010. The first kappa shape index (κ1) is 23.8.